The van der Waals surface area contributed by atoms with Crippen LogP contribution in [0, 0.1) is 0 Å². The van der Waals surface area contributed by atoms with Crippen molar-refractivity contribution < 1.29 is 4.74 Å². The number of hydrogen-bond acceptors (Lipinski definition) is 5. The zero-order valence-corrected chi connectivity index (χ0v) is 9.95. The van der Waals surface area contributed by atoms with E-state index in [1.54, 1.807) is 7.11 Å². The van der Waals surface area contributed by atoms with Crippen molar-refractivity contribution in [3.63, 3.8) is 0 Å². The van der Waals surface area contributed by atoms with Crippen LogP contribution in [0.4, 0.5) is 0 Å². The fourth-order valence-corrected chi connectivity index (χ4v) is 1.71. The van der Waals surface area contributed by atoms with Crippen molar-refractivity contribution in [3.8, 4) is 0 Å². The van der Waals surface area contributed by atoms with E-state index in [0.717, 1.165) is 6.42 Å². The van der Waals surface area contributed by atoms with Crippen molar-refractivity contribution >= 4 is 11.2 Å². The van der Waals surface area contributed by atoms with Crippen molar-refractivity contribution in [1.29, 1.82) is 0 Å². The quantitative estimate of drug-likeness (QED) is 0.527. The molecule has 5 N–H and O–H groups in total. The molecular formula is C10H15N5O3. The molecular weight excluding hydrogens is 238 g/mol. The summed E-state index contributed by atoms with van der Waals surface area (Å²) in [5.74, 6) is 0.480. The summed E-state index contributed by atoms with van der Waals surface area (Å²) in [7, 11) is 1.62. The van der Waals surface area contributed by atoms with E-state index in [1.165, 1.54) is 0 Å². The van der Waals surface area contributed by atoms with Gasteiger partial charge in [-0.05, 0) is 12.8 Å². The van der Waals surface area contributed by atoms with Gasteiger partial charge in [-0.2, -0.15) is 0 Å². The second-order valence-corrected chi connectivity index (χ2v) is 4.00. The summed E-state index contributed by atoms with van der Waals surface area (Å²) in [6.07, 6.45) is 1.47. The third-order valence-corrected chi connectivity index (χ3v) is 2.62. The van der Waals surface area contributed by atoms with Gasteiger partial charge in [0.25, 0.3) is 5.56 Å². The lowest BCUT2D eigenvalue weighted by Crippen LogP contribution is -2.21. The number of imidazole rings is 1. The van der Waals surface area contributed by atoms with Crippen LogP contribution in [0.25, 0.3) is 11.2 Å². The van der Waals surface area contributed by atoms with Crippen molar-refractivity contribution in [3.05, 3.63) is 26.7 Å². The first-order chi connectivity index (χ1) is 8.61. The van der Waals surface area contributed by atoms with Crippen molar-refractivity contribution in [2.75, 3.05) is 13.7 Å². The van der Waals surface area contributed by atoms with Crippen LogP contribution < -0.4 is 17.0 Å². The molecule has 0 aliphatic carbocycles. The molecule has 0 radical (unpaired) electrons. The zero-order chi connectivity index (χ0) is 13.1. The Morgan fingerprint density at radius 2 is 2.11 bits per heavy atom. The van der Waals surface area contributed by atoms with Gasteiger partial charge >= 0.3 is 5.69 Å². The Kier molecular flexibility index (Phi) is 3.58. The normalized spacial score (nSPS) is 13.0. The fraction of sp³-hybridized carbons (Fsp3) is 0.500. The number of fused-ring (bicyclic) bond motifs is 1. The third kappa shape index (κ3) is 2.49. The van der Waals surface area contributed by atoms with Gasteiger partial charge in [-0.3, -0.25) is 14.8 Å². The first kappa shape index (κ1) is 12.5. The van der Waals surface area contributed by atoms with Gasteiger partial charge in [0.1, 0.15) is 11.3 Å². The van der Waals surface area contributed by atoms with E-state index in [0.29, 0.717) is 18.9 Å². The average Bonchev–Trinajstić information content (AvgIpc) is 2.73. The maximum absolute atomic E-state index is 11.5. The standard InChI is InChI=1S/C10H15N5O3/c1-18-4-2-3-5(11)7-12-6-8(13-7)14-10(17)15-9(6)16/h5H,2-4,11H2,1H3,(H3,12,13,14,15,16,17). The lowest BCUT2D eigenvalue weighted by atomic mass is 10.1. The van der Waals surface area contributed by atoms with E-state index in [-0.39, 0.29) is 17.2 Å². The summed E-state index contributed by atoms with van der Waals surface area (Å²) in [5.41, 5.74) is 5.30. The van der Waals surface area contributed by atoms with E-state index in [1.807, 2.05) is 0 Å². The second-order valence-electron chi connectivity index (χ2n) is 4.00. The van der Waals surface area contributed by atoms with E-state index in [2.05, 4.69) is 19.9 Å². The van der Waals surface area contributed by atoms with E-state index >= 15 is 0 Å². The number of methoxy groups -OCH3 is 1. The highest BCUT2D eigenvalue weighted by Crippen LogP contribution is 2.13. The lowest BCUT2D eigenvalue weighted by Gasteiger charge is -2.07. The molecule has 2 aromatic heterocycles. The van der Waals surface area contributed by atoms with Crippen LogP contribution in [0.1, 0.15) is 24.7 Å². The molecule has 2 rings (SSSR count). The predicted molar refractivity (Wildman–Crippen MR) is 65.4 cm³/mol. The Hall–Kier alpha value is -1.93. The summed E-state index contributed by atoms with van der Waals surface area (Å²) < 4.78 is 4.93. The molecule has 0 aromatic carbocycles. The van der Waals surface area contributed by atoms with Crippen LogP contribution in [-0.4, -0.2) is 33.7 Å². The molecule has 0 spiro atoms. The smallest absolute Gasteiger partial charge is 0.327 e. The van der Waals surface area contributed by atoms with Gasteiger partial charge in [-0.1, -0.05) is 0 Å². The van der Waals surface area contributed by atoms with Crippen LogP contribution in [0.15, 0.2) is 9.59 Å². The fourth-order valence-electron chi connectivity index (χ4n) is 1.71. The highest BCUT2D eigenvalue weighted by Gasteiger charge is 2.13. The molecule has 0 bridgehead atoms. The molecule has 2 heterocycles. The van der Waals surface area contributed by atoms with Crippen molar-refractivity contribution in [2.24, 2.45) is 5.73 Å². The van der Waals surface area contributed by atoms with Crippen LogP contribution >= 0.6 is 0 Å². The van der Waals surface area contributed by atoms with Crippen molar-refractivity contribution in [1.82, 2.24) is 19.9 Å². The lowest BCUT2D eigenvalue weighted by molar-refractivity contribution is 0.190. The maximum Gasteiger partial charge on any atom is 0.327 e. The maximum atomic E-state index is 11.5. The minimum atomic E-state index is -0.585. The Balaban J connectivity index is 2.27. The Morgan fingerprint density at radius 1 is 1.33 bits per heavy atom. The highest BCUT2D eigenvalue weighted by molar-refractivity contribution is 5.68. The molecule has 0 aliphatic heterocycles. The summed E-state index contributed by atoms with van der Waals surface area (Å²) >= 11 is 0. The predicted octanol–water partition coefficient (Wildman–Crippen LogP) is -0.634. The van der Waals surface area contributed by atoms with Gasteiger partial charge < -0.3 is 15.5 Å². The van der Waals surface area contributed by atoms with Crippen LogP contribution in [0.5, 0.6) is 0 Å². The monoisotopic (exact) mass is 253 g/mol. The van der Waals surface area contributed by atoms with E-state index < -0.39 is 11.2 Å². The molecule has 8 nitrogen and oxygen atoms in total. The van der Waals surface area contributed by atoms with Crippen LogP contribution in [0.2, 0.25) is 0 Å². The van der Waals surface area contributed by atoms with Gasteiger partial charge in [0, 0.05) is 13.7 Å². The molecule has 98 valence electrons. The van der Waals surface area contributed by atoms with Crippen LogP contribution in [-0.2, 0) is 4.74 Å². The number of rotatable bonds is 5. The van der Waals surface area contributed by atoms with Gasteiger partial charge in [0.15, 0.2) is 5.65 Å². The summed E-state index contributed by atoms with van der Waals surface area (Å²) in [5, 5.41) is 0. The number of hydrogen-bond donors (Lipinski definition) is 4. The minimum Gasteiger partial charge on any atom is -0.385 e. The molecule has 0 aliphatic rings. The van der Waals surface area contributed by atoms with Gasteiger partial charge in [-0.15, -0.1) is 0 Å². The number of nitrogens with one attached hydrogen (secondary N) is 3. The second kappa shape index (κ2) is 5.15. The molecule has 0 saturated heterocycles. The number of aromatic nitrogens is 4. The number of ether oxygens (including phenoxy) is 1. The highest BCUT2D eigenvalue weighted by atomic mass is 16.5. The first-order valence-corrected chi connectivity index (χ1v) is 5.58. The SMILES string of the molecule is COCCCC(N)c1nc2[nH]c(=O)[nH]c(=O)c2[nH]1. The zero-order valence-electron chi connectivity index (χ0n) is 9.95. The summed E-state index contributed by atoms with van der Waals surface area (Å²) in [4.78, 5) is 34.1. The largest absolute Gasteiger partial charge is 0.385 e. The number of H-pyrrole nitrogens is 3. The minimum absolute atomic E-state index is 0.223. The summed E-state index contributed by atoms with van der Waals surface area (Å²) in [6, 6.07) is -0.324. The average molecular weight is 253 g/mol. The topological polar surface area (TPSA) is 130 Å². The molecule has 1 unspecified atom stereocenters. The van der Waals surface area contributed by atoms with E-state index in [4.69, 9.17) is 10.5 Å². The third-order valence-electron chi connectivity index (χ3n) is 2.62. The number of nitrogens with two attached hydrogens (primary N) is 1. The molecule has 8 heteroatoms. The first-order valence-electron chi connectivity index (χ1n) is 5.58. The molecule has 1 atom stereocenters. The Labute approximate surface area is 102 Å². The van der Waals surface area contributed by atoms with Crippen LogP contribution in [0.3, 0.4) is 0 Å². The molecule has 0 fully saturated rings. The van der Waals surface area contributed by atoms with Gasteiger partial charge in [-0.25, -0.2) is 9.78 Å². The van der Waals surface area contributed by atoms with Crippen molar-refractivity contribution in [2.45, 2.75) is 18.9 Å². The molecule has 18 heavy (non-hydrogen) atoms. The Morgan fingerprint density at radius 3 is 2.83 bits per heavy atom. The molecule has 2 aromatic rings. The Bertz CT molecular complexity index is 641. The van der Waals surface area contributed by atoms with E-state index in [9.17, 15) is 9.59 Å². The number of nitrogens with zero attached hydrogens (tertiary/aromatic N) is 1. The molecule has 0 saturated carbocycles. The molecule has 0 amide bonds. The van der Waals surface area contributed by atoms with Gasteiger partial charge in [0.05, 0.1) is 6.04 Å². The number of aromatic amines is 3. The summed E-state index contributed by atoms with van der Waals surface area (Å²) in [6.45, 7) is 0.616. The van der Waals surface area contributed by atoms with Gasteiger partial charge in [0.2, 0.25) is 0 Å².